The van der Waals surface area contributed by atoms with Crippen molar-refractivity contribution in [2.75, 3.05) is 20.1 Å². The fourth-order valence-corrected chi connectivity index (χ4v) is 2.75. The molecule has 1 aromatic rings. The third kappa shape index (κ3) is 3.78. The first-order chi connectivity index (χ1) is 9.99. The summed E-state index contributed by atoms with van der Waals surface area (Å²) in [4.78, 5) is 24.8. The average Bonchev–Trinajstić information content (AvgIpc) is 2.74. The van der Waals surface area contributed by atoms with Crippen LogP contribution in [0.1, 0.15) is 35.2 Å². The molecule has 6 nitrogen and oxygen atoms in total. The van der Waals surface area contributed by atoms with Gasteiger partial charge in [-0.3, -0.25) is 14.9 Å². The van der Waals surface area contributed by atoms with Crippen molar-refractivity contribution in [3.8, 4) is 0 Å². The predicted molar refractivity (Wildman–Crippen MR) is 80.4 cm³/mol. The second-order valence-electron chi connectivity index (χ2n) is 5.57. The molecule has 1 aliphatic rings. The number of rotatable bonds is 3. The van der Waals surface area contributed by atoms with E-state index in [1.165, 1.54) is 12.1 Å². The highest BCUT2D eigenvalue weighted by molar-refractivity contribution is 5.95. The van der Waals surface area contributed by atoms with Gasteiger partial charge < -0.3 is 10.2 Å². The Morgan fingerprint density at radius 1 is 1.33 bits per heavy atom. The number of amides is 1. The first-order valence-electron chi connectivity index (χ1n) is 7.23. The number of nitrogens with one attached hydrogen (secondary N) is 1. The Hall–Kier alpha value is -1.95. The maximum absolute atomic E-state index is 12.6. The molecule has 6 heteroatoms. The SMILES string of the molecule is Cc1cc(C(=O)N(C)C2CCCNCC2)cc([N+](=O)[O-])c1. The number of carbonyl (C=O) groups excluding carboxylic acids is 1. The van der Waals surface area contributed by atoms with E-state index in [0.29, 0.717) is 5.56 Å². The summed E-state index contributed by atoms with van der Waals surface area (Å²) < 4.78 is 0. The van der Waals surface area contributed by atoms with Gasteiger partial charge in [0.05, 0.1) is 4.92 Å². The van der Waals surface area contributed by atoms with Gasteiger partial charge in [-0.2, -0.15) is 0 Å². The average molecular weight is 291 g/mol. The summed E-state index contributed by atoms with van der Waals surface area (Å²) in [5, 5.41) is 14.2. The predicted octanol–water partition coefficient (Wildman–Crippen LogP) is 2.12. The molecule has 0 spiro atoms. The Balaban J connectivity index is 2.20. The van der Waals surface area contributed by atoms with Crippen LogP contribution in [0.5, 0.6) is 0 Å². The molecular weight excluding hydrogens is 270 g/mol. The molecule has 0 saturated carbocycles. The van der Waals surface area contributed by atoms with Crippen LogP contribution in [0, 0.1) is 17.0 Å². The Kier molecular flexibility index (Phi) is 4.90. The van der Waals surface area contributed by atoms with Crippen molar-refractivity contribution in [1.82, 2.24) is 10.2 Å². The fraction of sp³-hybridized carbons (Fsp3) is 0.533. The standard InChI is InChI=1S/C15H21N3O3/c1-11-8-12(10-14(9-11)18(20)21)15(19)17(2)13-4-3-6-16-7-5-13/h8-10,13,16H,3-7H2,1-2H3. The number of hydrogen-bond donors (Lipinski definition) is 1. The van der Waals surface area contributed by atoms with Crippen LogP contribution in [0.3, 0.4) is 0 Å². The minimum absolute atomic E-state index is 0.0331. The molecule has 0 bridgehead atoms. The van der Waals surface area contributed by atoms with Crippen LogP contribution >= 0.6 is 0 Å². The van der Waals surface area contributed by atoms with Crippen molar-refractivity contribution in [3.63, 3.8) is 0 Å². The smallest absolute Gasteiger partial charge is 0.270 e. The number of benzene rings is 1. The Labute approximate surface area is 124 Å². The van der Waals surface area contributed by atoms with Crippen molar-refractivity contribution >= 4 is 11.6 Å². The van der Waals surface area contributed by atoms with Crippen molar-refractivity contribution in [2.45, 2.75) is 32.2 Å². The lowest BCUT2D eigenvalue weighted by Crippen LogP contribution is -2.37. The first kappa shape index (κ1) is 15.4. The molecule has 1 saturated heterocycles. The van der Waals surface area contributed by atoms with Crippen LogP contribution in [-0.4, -0.2) is 41.9 Å². The summed E-state index contributed by atoms with van der Waals surface area (Å²) in [6.45, 7) is 3.64. The Morgan fingerprint density at radius 2 is 2.10 bits per heavy atom. The normalized spacial score (nSPS) is 18.9. The Bertz CT molecular complexity index is 537. The molecule has 0 radical (unpaired) electrons. The van der Waals surface area contributed by atoms with Gasteiger partial charge in [0, 0.05) is 30.8 Å². The number of nitro benzene ring substituents is 1. The summed E-state index contributed by atoms with van der Waals surface area (Å²) >= 11 is 0. The summed E-state index contributed by atoms with van der Waals surface area (Å²) in [7, 11) is 1.78. The number of non-ortho nitro benzene ring substituents is 1. The van der Waals surface area contributed by atoms with Crippen LogP contribution in [0.2, 0.25) is 0 Å². The summed E-state index contributed by atoms with van der Waals surface area (Å²) in [5.74, 6) is -0.145. The maximum atomic E-state index is 12.6. The third-order valence-electron chi connectivity index (χ3n) is 3.93. The summed E-state index contributed by atoms with van der Waals surface area (Å²) in [6, 6.07) is 4.74. The molecule has 1 atom stereocenters. The molecule has 1 fully saturated rings. The minimum atomic E-state index is -0.459. The van der Waals surface area contributed by atoms with Crippen molar-refractivity contribution < 1.29 is 9.72 Å². The molecule has 21 heavy (non-hydrogen) atoms. The molecule has 1 unspecified atom stereocenters. The zero-order chi connectivity index (χ0) is 15.4. The van der Waals surface area contributed by atoms with Gasteiger partial charge in [-0.15, -0.1) is 0 Å². The zero-order valence-corrected chi connectivity index (χ0v) is 12.5. The van der Waals surface area contributed by atoms with Crippen LogP contribution in [-0.2, 0) is 0 Å². The molecule has 2 rings (SSSR count). The van der Waals surface area contributed by atoms with Crippen molar-refractivity contribution in [3.05, 3.63) is 39.4 Å². The van der Waals surface area contributed by atoms with Crippen molar-refractivity contribution in [2.24, 2.45) is 0 Å². The second-order valence-corrected chi connectivity index (χ2v) is 5.57. The van der Waals surface area contributed by atoms with Gasteiger partial charge in [0.25, 0.3) is 11.6 Å². The van der Waals surface area contributed by atoms with Gasteiger partial charge in [0.15, 0.2) is 0 Å². The molecule has 1 aromatic carbocycles. The minimum Gasteiger partial charge on any atom is -0.339 e. The number of aryl methyl sites for hydroxylation is 1. The van der Waals surface area contributed by atoms with Gasteiger partial charge in [-0.1, -0.05) is 0 Å². The first-order valence-corrected chi connectivity index (χ1v) is 7.23. The second kappa shape index (κ2) is 6.67. The highest BCUT2D eigenvalue weighted by atomic mass is 16.6. The Morgan fingerprint density at radius 3 is 2.81 bits per heavy atom. The van der Waals surface area contributed by atoms with Gasteiger partial charge in [-0.25, -0.2) is 0 Å². The summed E-state index contributed by atoms with van der Waals surface area (Å²) in [6.07, 6.45) is 2.91. The van der Waals surface area contributed by atoms with Gasteiger partial charge >= 0.3 is 0 Å². The lowest BCUT2D eigenvalue weighted by Gasteiger charge is -2.27. The monoisotopic (exact) mass is 291 g/mol. The van der Waals surface area contributed by atoms with E-state index < -0.39 is 4.92 Å². The van der Waals surface area contributed by atoms with Gasteiger partial charge in [0.2, 0.25) is 0 Å². The van der Waals surface area contributed by atoms with Gasteiger partial charge in [-0.05, 0) is 50.9 Å². The highest BCUT2D eigenvalue weighted by Crippen LogP contribution is 2.20. The summed E-state index contributed by atoms with van der Waals surface area (Å²) in [5.41, 5.74) is 1.08. The van der Waals surface area contributed by atoms with Crippen LogP contribution < -0.4 is 5.32 Å². The quantitative estimate of drug-likeness (QED) is 0.683. The van der Waals surface area contributed by atoms with E-state index in [0.717, 1.165) is 37.9 Å². The van der Waals surface area contributed by atoms with E-state index in [1.807, 2.05) is 0 Å². The molecule has 0 aliphatic carbocycles. The number of hydrogen-bond acceptors (Lipinski definition) is 4. The number of carbonyl (C=O) groups is 1. The molecule has 114 valence electrons. The van der Waals surface area contributed by atoms with E-state index in [4.69, 9.17) is 0 Å². The lowest BCUT2D eigenvalue weighted by atomic mass is 10.0. The molecule has 1 heterocycles. The van der Waals surface area contributed by atoms with E-state index in [1.54, 1.807) is 24.9 Å². The molecular formula is C15H21N3O3. The fourth-order valence-electron chi connectivity index (χ4n) is 2.75. The van der Waals surface area contributed by atoms with E-state index in [2.05, 4.69) is 5.32 Å². The largest absolute Gasteiger partial charge is 0.339 e. The van der Waals surface area contributed by atoms with Crippen LogP contribution in [0.25, 0.3) is 0 Å². The van der Waals surface area contributed by atoms with Crippen LogP contribution in [0.4, 0.5) is 5.69 Å². The third-order valence-corrected chi connectivity index (χ3v) is 3.93. The molecule has 0 aromatic heterocycles. The molecule has 1 aliphatic heterocycles. The van der Waals surface area contributed by atoms with Gasteiger partial charge in [0.1, 0.15) is 0 Å². The maximum Gasteiger partial charge on any atom is 0.270 e. The van der Waals surface area contributed by atoms with E-state index >= 15 is 0 Å². The molecule has 1 N–H and O–H groups in total. The number of nitrogens with zero attached hydrogens (tertiary/aromatic N) is 2. The zero-order valence-electron chi connectivity index (χ0n) is 12.5. The number of nitro groups is 1. The van der Waals surface area contributed by atoms with E-state index in [-0.39, 0.29) is 17.6 Å². The van der Waals surface area contributed by atoms with E-state index in [9.17, 15) is 14.9 Å². The topological polar surface area (TPSA) is 75.5 Å². The van der Waals surface area contributed by atoms with Crippen molar-refractivity contribution in [1.29, 1.82) is 0 Å². The molecule has 1 amide bonds. The highest BCUT2D eigenvalue weighted by Gasteiger charge is 2.23. The lowest BCUT2D eigenvalue weighted by molar-refractivity contribution is -0.384. The van der Waals surface area contributed by atoms with Crippen LogP contribution in [0.15, 0.2) is 18.2 Å².